The quantitative estimate of drug-likeness (QED) is 0.0195. The molecule has 0 saturated heterocycles. The topological polar surface area (TPSA) is 111 Å². The fourth-order valence-electron chi connectivity index (χ4n) is 8.36. The largest absolute Gasteiger partial charge is 0.756 e. The highest BCUT2D eigenvalue weighted by Gasteiger charge is 2.22. The average molecular weight is 1010 g/mol. The monoisotopic (exact) mass is 1010 g/mol. The van der Waals surface area contributed by atoms with Gasteiger partial charge >= 0.3 is 11.9 Å². The molecule has 0 spiro atoms. The van der Waals surface area contributed by atoms with Crippen molar-refractivity contribution in [2.45, 2.75) is 277 Å². The standard InChI is InChI=1S/C60H112NO8P/c1-6-8-10-12-14-16-18-20-21-22-23-24-25-26-27-28-29-30-31-32-33-34-35-36-37-38-39-41-43-45-47-49-51-53-60(63)69-58(57-68-70(64,65)67-55-54-61(3,4)5)56-66-59(62)52-50-48-46-44-42-40-19-17-15-13-11-9-7-2/h8,10,14,16,20-21,23-24,58H,6-7,9,11-13,15,17-19,22,25-57H2,1-5H3/b10-8-,16-14-,21-20-,24-23-. The summed E-state index contributed by atoms with van der Waals surface area (Å²) in [5.74, 6) is -0.820. The van der Waals surface area contributed by atoms with Crippen LogP contribution in [0.2, 0.25) is 0 Å². The number of ether oxygens (including phenoxy) is 2. The van der Waals surface area contributed by atoms with Gasteiger partial charge in [-0.05, 0) is 51.4 Å². The minimum Gasteiger partial charge on any atom is -0.756 e. The van der Waals surface area contributed by atoms with Gasteiger partial charge in [0.05, 0.1) is 27.7 Å². The molecule has 0 aliphatic carbocycles. The maximum Gasteiger partial charge on any atom is 0.306 e. The molecule has 2 unspecified atom stereocenters. The van der Waals surface area contributed by atoms with Gasteiger partial charge in [-0.25, -0.2) is 0 Å². The Bertz CT molecular complexity index is 1320. The highest BCUT2D eigenvalue weighted by molar-refractivity contribution is 7.45. The molecule has 0 aromatic carbocycles. The van der Waals surface area contributed by atoms with E-state index in [2.05, 4.69) is 62.5 Å². The van der Waals surface area contributed by atoms with Crippen LogP contribution in [0, 0.1) is 0 Å². The summed E-state index contributed by atoms with van der Waals surface area (Å²) in [5.41, 5.74) is 0. The van der Waals surface area contributed by atoms with Gasteiger partial charge < -0.3 is 27.9 Å². The summed E-state index contributed by atoms with van der Waals surface area (Å²) < 4.78 is 34.1. The highest BCUT2D eigenvalue weighted by Crippen LogP contribution is 2.38. The predicted octanol–water partition coefficient (Wildman–Crippen LogP) is 17.5. The number of rotatable bonds is 54. The van der Waals surface area contributed by atoms with E-state index in [-0.39, 0.29) is 32.0 Å². The third kappa shape index (κ3) is 55.3. The van der Waals surface area contributed by atoms with E-state index in [1.807, 2.05) is 21.1 Å². The van der Waals surface area contributed by atoms with Crippen LogP contribution in [0.5, 0.6) is 0 Å². The molecule has 10 heteroatoms. The zero-order valence-corrected chi connectivity index (χ0v) is 47.4. The summed E-state index contributed by atoms with van der Waals surface area (Å²) in [4.78, 5) is 37.8. The van der Waals surface area contributed by atoms with Gasteiger partial charge in [0.2, 0.25) is 0 Å². The first-order valence-corrected chi connectivity index (χ1v) is 30.8. The van der Waals surface area contributed by atoms with E-state index in [9.17, 15) is 19.0 Å². The number of likely N-dealkylation sites (N-methyl/N-ethyl adjacent to an activating group) is 1. The fourth-order valence-corrected chi connectivity index (χ4v) is 9.08. The lowest BCUT2D eigenvalue weighted by Crippen LogP contribution is -2.37. The molecule has 0 aromatic rings. The molecular formula is C60H112NO8P. The average Bonchev–Trinajstić information content (AvgIpc) is 3.32. The smallest absolute Gasteiger partial charge is 0.306 e. The Morgan fingerprint density at radius 3 is 1.21 bits per heavy atom. The predicted molar refractivity (Wildman–Crippen MR) is 296 cm³/mol. The molecule has 0 N–H and O–H groups in total. The number of unbranched alkanes of at least 4 members (excludes halogenated alkanes) is 32. The van der Waals surface area contributed by atoms with Crippen molar-refractivity contribution in [2.24, 2.45) is 0 Å². The van der Waals surface area contributed by atoms with Crippen LogP contribution in [0.25, 0.3) is 0 Å². The van der Waals surface area contributed by atoms with Crippen molar-refractivity contribution in [1.29, 1.82) is 0 Å². The van der Waals surface area contributed by atoms with Gasteiger partial charge in [-0.15, -0.1) is 0 Å². The van der Waals surface area contributed by atoms with Crippen LogP contribution in [-0.2, 0) is 32.7 Å². The molecule has 0 rings (SSSR count). The van der Waals surface area contributed by atoms with Gasteiger partial charge in [-0.2, -0.15) is 0 Å². The maximum absolute atomic E-state index is 12.8. The second-order valence-electron chi connectivity index (χ2n) is 21.0. The maximum atomic E-state index is 12.8. The van der Waals surface area contributed by atoms with Crippen LogP contribution in [0.3, 0.4) is 0 Å². The lowest BCUT2D eigenvalue weighted by Gasteiger charge is -2.28. The zero-order chi connectivity index (χ0) is 51.3. The summed E-state index contributed by atoms with van der Waals surface area (Å²) in [6.07, 6.45) is 64.6. The molecule has 0 heterocycles. The normalized spacial score (nSPS) is 13.6. The number of phosphoric ester groups is 1. The summed E-state index contributed by atoms with van der Waals surface area (Å²) in [7, 11) is 1.18. The summed E-state index contributed by atoms with van der Waals surface area (Å²) in [5, 5.41) is 0. The molecule has 0 saturated carbocycles. The van der Waals surface area contributed by atoms with E-state index < -0.39 is 26.5 Å². The number of quaternary nitrogens is 1. The molecule has 410 valence electrons. The molecule has 70 heavy (non-hydrogen) atoms. The van der Waals surface area contributed by atoms with Crippen molar-refractivity contribution in [3.05, 3.63) is 48.6 Å². The Labute approximate surface area is 433 Å². The SMILES string of the molecule is CC/C=C\C/C=C\C/C=C\C/C=C\CCCCCCCCCCCCCCCCCCCCCCC(=O)OC(COC(=O)CCCCCCCCCCCCCCC)COP(=O)([O-])OCC[N+](C)(C)C. The molecule has 0 aliphatic heterocycles. The van der Waals surface area contributed by atoms with E-state index in [0.717, 1.165) is 57.8 Å². The lowest BCUT2D eigenvalue weighted by molar-refractivity contribution is -0.870. The molecule has 0 bridgehead atoms. The van der Waals surface area contributed by atoms with Gasteiger partial charge in [0.15, 0.2) is 6.10 Å². The molecule has 0 aliphatic rings. The van der Waals surface area contributed by atoms with Crippen molar-refractivity contribution in [3.63, 3.8) is 0 Å². The Kier molecular flexibility index (Phi) is 50.4. The third-order valence-corrected chi connectivity index (χ3v) is 13.8. The van der Waals surface area contributed by atoms with Crippen LogP contribution < -0.4 is 4.89 Å². The number of esters is 2. The first-order chi connectivity index (χ1) is 34.0. The number of hydrogen-bond donors (Lipinski definition) is 0. The number of hydrogen-bond acceptors (Lipinski definition) is 8. The second kappa shape index (κ2) is 51.9. The molecule has 0 amide bonds. The van der Waals surface area contributed by atoms with E-state index in [4.69, 9.17) is 18.5 Å². The minimum atomic E-state index is -4.63. The summed E-state index contributed by atoms with van der Waals surface area (Å²) in [6, 6.07) is 0. The Morgan fingerprint density at radius 2 is 0.814 bits per heavy atom. The van der Waals surface area contributed by atoms with Crippen LogP contribution >= 0.6 is 7.82 Å². The van der Waals surface area contributed by atoms with Crippen LogP contribution in [0.15, 0.2) is 48.6 Å². The van der Waals surface area contributed by atoms with Gasteiger partial charge in [0.25, 0.3) is 7.82 Å². The summed E-state index contributed by atoms with van der Waals surface area (Å²) in [6.45, 7) is 4.16. The zero-order valence-electron chi connectivity index (χ0n) is 46.5. The Morgan fingerprint density at radius 1 is 0.457 bits per heavy atom. The van der Waals surface area contributed by atoms with Crippen LogP contribution in [0.1, 0.15) is 271 Å². The Balaban J connectivity index is 3.99. The van der Waals surface area contributed by atoms with Crippen molar-refractivity contribution in [1.82, 2.24) is 0 Å². The van der Waals surface area contributed by atoms with Crippen molar-refractivity contribution < 1.29 is 42.1 Å². The number of carbonyl (C=O) groups excluding carboxylic acids is 2. The molecular weight excluding hydrogens is 894 g/mol. The Hall–Kier alpha value is -2.03. The number of carbonyl (C=O) groups is 2. The van der Waals surface area contributed by atoms with Crippen molar-refractivity contribution in [3.8, 4) is 0 Å². The molecule has 2 atom stereocenters. The van der Waals surface area contributed by atoms with E-state index in [0.29, 0.717) is 17.4 Å². The van der Waals surface area contributed by atoms with E-state index in [1.54, 1.807) is 0 Å². The van der Waals surface area contributed by atoms with Crippen molar-refractivity contribution in [2.75, 3.05) is 47.5 Å². The van der Waals surface area contributed by atoms with E-state index >= 15 is 0 Å². The molecule has 0 radical (unpaired) electrons. The number of phosphoric acid groups is 1. The first-order valence-electron chi connectivity index (χ1n) is 29.3. The number of nitrogens with zero attached hydrogens (tertiary/aromatic N) is 1. The summed E-state index contributed by atoms with van der Waals surface area (Å²) >= 11 is 0. The lowest BCUT2D eigenvalue weighted by atomic mass is 10.0. The molecule has 0 aromatic heterocycles. The third-order valence-electron chi connectivity index (χ3n) is 12.9. The van der Waals surface area contributed by atoms with Gasteiger partial charge in [0, 0.05) is 12.8 Å². The molecule has 9 nitrogen and oxygen atoms in total. The second-order valence-corrected chi connectivity index (χ2v) is 22.4. The molecule has 0 fully saturated rings. The minimum absolute atomic E-state index is 0.0284. The van der Waals surface area contributed by atoms with Crippen LogP contribution in [-0.4, -0.2) is 70.0 Å². The van der Waals surface area contributed by atoms with E-state index in [1.165, 1.54) is 180 Å². The van der Waals surface area contributed by atoms with Crippen molar-refractivity contribution >= 4 is 19.8 Å². The number of allylic oxidation sites excluding steroid dienone is 8. The van der Waals surface area contributed by atoms with Gasteiger partial charge in [-0.3, -0.25) is 14.2 Å². The van der Waals surface area contributed by atoms with Gasteiger partial charge in [0.1, 0.15) is 19.8 Å². The van der Waals surface area contributed by atoms with Gasteiger partial charge in [-0.1, -0.05) is 255 Å². The highest BCUT2D eigenvalue weighted by atomic mass is 31.2. The van der Waals surface area contributed by atoms with Crippen LogP contribution in [0.4, 0.5) is 0 Å². The fraction of sp³-hybridized carbons (Fsp3) is 0.833. The first kappa shape index (κ1) is 68.0.